The number of aliphatic hydroxyl groups excluding tert-OH is 1. The number of hydrogen-bond acceptors (Lipinski definition) is 7. The number of rotatable bonds is 7. The van der Waals surface area contributed by atoms with Crippen LogP contribution < -0.4 is 15.0 Å². The van der Waals surface area contributed by atoms with Gasteiger partial charge in [0.1, 0.15) is 18.4 Å². The molecular weight excluding hydrogens is 393 g/mol. The molecule has 8 nitrogen and oxygen atoms in total. The lowest BCUT2D eigenvalue weighted by atomic mass is 10.1. The van der Waals surface area contributed by atoms with Crippen molar-refractivity contribution >= 4 is 17.9 Å². The zero-order chi connectivity index (χ0) is 21.1. The van der Waals surface area contributed by atoms with Crippen LogP contribution in [0.25, 0.3) is 0 Å². The molecule has 11 heteroatoms. The van der Waals surface area contributed by atoms with Crippen molar-refractivity contribution in [2.45, 2.75) is 38.6 Å². The van der Waals surface area contributed by atoms with E-state index >= 15 is 0 Å². The molecule has 1 aliphatic rings. The van der Waals surface area contributed by atoms with Crippen LogP contribution >= 0.6 is 0 Å². The van der Waals surface area contributed by atoms with Crippen LogP contribution in [-0.4, -0.2) is 46.5 Å². The van der Waals surface area contributed by atoms with Crippen LogP contribution in [0.5, 0.6) is 5.75 Å². The number of carbonyl (C=O) groups is 1. The number of hydrogen-bond donors (Lipinski definition) is 2. The van der Waals surface area contributed by atoms with Crippen molar-refractivity contribution in [3.05, 3.63) is 41.8 Å². The topological polar surface area (TPSA) is 96.8 Å². The van der Waals surface area contributed by atoms with Gasteiger partial charge in [-0.3, -0.25) is 0 Å². The summed E-state index contributed by atoms with van der Waals surface area (Å²) in [5, 5.41) is 12.8. The van der Waals surface area contributed by atoms with Gasteiger partial charge in [-0.1, -0.05) is 12.1 Å². The number of halogens is 3. The standard InChI is InChI=1S/C18H19F3N4O4/c1-9(11-3-5-12(6-4-11)29-16(20)21)23-17-22-7-13(19)15(24-17)25-14(10(2)26)8-28-18(25)27/h3-7,9-10,14,16,26H,8H2,1-2H3,(H,22,23,24)/t9-,10+,14?/m0/s1. The Bertz CT molecular complexity index is 867. The van der Waals surface area contributed by atoms with Gasteiger partial charge >= 0.3 is 12.7 Å². The Morgan fingerprint density at radius 2 is 2.00 bits per heavy atom. The first-order valence-electron chi connectivity index (χ1n) is 8.74. The molecule has 0 aliphatic carbocycles. The van der Waals surface area contributed by atoms with E-state index in [2.05, 4.69) is 20.0 Å². The smallest absolute Gasteiger partial charge is 0.416 e. The highest BCUT2D eigenvalue weighted by Gasteiger charge is 2.39. The first-order chi connectivity index (χ1) is 13.8. The Morgan fingerprint density at radius 3 is 2.62 bits per heavy atom. The fourth-order valence-electron chi connectivity index (χ4n) is 2.85. The number of anilines is 2. The minimum atomic E-state index is -2.91. The molecular formula is C18H19F3N4O4. The van der Waals surface area contributed by atoms with Crippen LogP contribution in [0.4, 0.5) is 29.7 Å². The lowest BCUT2D eigenvalue weighted by Gasteiger charge is -2.23. The van der Waals surface area contributed by atoms with Crippen LogP contribution in [0, 0.1) is 5.82 Å². The summed E-state index contributed by atoms with van der Waals surface area (Å²) >= 11 is 0. The quantitative estimate of drug-likeness (QED) is 0.721. The van der Waals surface area contributed by atoms with Gasteiger partial charge in [0.25, 0.3) is 0 Å². The zero-order valence-corrected chi connectivity index (χ0v) is 15.6. The number of ether oxygens (including phenoxy) is 2. The summed E-state index contributed by atoms with van der Waals surface area (Å²) < 4.78 is 47.9. The van der Waals surface area contributed by atoms with Gasteiger partial charge < -0.3 is 19.9 Å². The molecule has 29 heavy (non-hydrogen) atoms. The summed E-state index contributed by atoms with van der Waals surface area (Å²) in [4.78, 5) is 20.9. The summed E-state index contributed by atoms with van der Waals surface area (Å²) in [6.07, 6.45) is -0.871. The predicted molar refractivity (Wildman–Crippen MR) is 96.4 cm³/mol. The second-order valence-corrected chi connectivity index (χ2v) is 6.43. The average Bonchev–Trinajstić information content (AvgIpc) is 3.05. The molecule has 2 N–H and O–H groups in total. The van der Waals surface area contributed by atoms with Crippen LogP contribution in [0.1, 0.15) is 25.5 Å². The summed E-state index contributed by atoms with van der Waals surface area (Å²) in [6.45, 7) is 0.219. The highest BCUT2D eigenvalue weighted by Crippen LogP contribution is 2.27. The summed E-state index contributed by atoms with van der Waals surface area (Å²) in [7, 11) is 0. The third-order valence-corrected chi connectivity index (χ3v) is 4.37. The molecule has 1 aliphatic heterocycles. The van der Waals surface area contributed by atoms with Gasteiger partial charge in [0.05, 0.1) is 18.3 Å². The molecule has 0 spiro atoms. The Labute approximate surface area is 164 Å². The van der Waals surface area contributed by atoms with Gasteiger partial charge in [0.15, 0.2) is 11.6 Å². The molecule has 1 fully saturated rings. The highest BCUT2D eigenvalue weighted by molar-refractivity contribution is 5.89. The van der Waals surface area contributed by atoms with Crippen LogP contribution in [0.3, 0.4) is 0 Å². The van der Waals surface area contributed by atoms with E-state index in [0.717, 1.165) is 11.1 Å². The van der Waals surface area contributed by atoms with E-state index in [9.17, 15) is 23.1 Å². The number of cyclic esters (lactones) is 1. The number of amides is 1. The van der Waals surface area contributed by atoms with E-state index in [1.165, 1.54) is 19.1 Å². The number of benzene rings is 1. The maximum absolute atomic E-state index is 14.3. The Morgan fingerprint density at radius 1 is 1.31 bits per heavy atom. The maximum atomic E-state index is 14.3. The Balaban J connectivity index is 1.78. The third kappa shape index (κ3) is 4.67. The molecule has 0 radical (unpaired) electrons. The number of aromatic nitrogens is 2. The first kappa shape index (κ1) is 20.6. The molecule has 2 heterocycles. The van der Waals surface area contributed by atoms with Crippen molar-refractivity contribution in [3.8, 4) is 5.75 Å². The zero-order valence-electron chi connectivity index (χ0n) is 15.6. The van der Waals surface area contributed by atoms with E-state index in [0.29, 0.717) is 5.56 Å². The number of carbonyl (C=O) groups excluding carboxylic acids is 1. The highest BCUT2D eigenvalue weighted by atomic mass is 19.3. The molecule has 1 aromatic heterocycles. The minimum absolute atomic E-state index is 0.0213. The molecule has 1 saturated heterocycles. The first-order valence-corrected chi connectivity index (χ1v) is 8.74. The predicted octanol–water partition coefficient (Wildman–Crippen LogP) is 3.10. The Hall–Kier alpha value is -3.08. The molecule has 156 valence electrons. The van der Waals surface area contributed by atoms with Crippen molar-refractivity contribution in [1.29, 1.82) is 0 Å². The average molecular weight is 412 g/mol. The van der Waals surface area contributed by atoms with Gasteiger partial charge in [-0.15, -0.1) is 0 Å². The minimum Gasteiger partial charge on any atom is -0.447 e. The number of aliphatic hydroxyl groups is 1. The van der Waals surface area contributed by atoms with Gasteiger partial charge in [-0.2, -0.15) is 13.8 Å². The van der Waals surface area contributed by atoms with E-state index < -0.39 is 30.7 Å². The maximum Gasteiger partial charge on any atom is 0.416 e. The third-order valence-electron chi connectivity index (χ3n) is 4.37. The fraction of sp³-hybridized carbons (Fsp3) is 0.389. The lowest BCUT2D eigenvalue weighted by molar-refractivity contribution is -0.0498. The van der Waals surface area contributed by atoms with E-state index in [4.69, 9.17) is 4.74 Å². The van der Waals surface area contributed by atoms with Gasteiger partial charge in [-0.05, 0) is 31.5 Å². The molecule has 0 saturated carbocycles. The van der Waals surface area contributed by atoms with Gasteiger partial charge in [-0.25, -0.2) is 19.1 Å². The van der Waals surface area contributed by atoms with Crippen LogP contribution in [0.2, 0.25) is 0 Å². The monoisotopic (exact) mass is 412 g/mol. The molecule has 3 rings (SSSR count). The van der Waals surface area contributed by atoms with Crippen molar-refractivity contribution in [2.75, 3.05) is 16.8 Å². The van der Waals surface area contributed by atoms with Crippen molar-refractivity contribution in [2.24, 2.45) is 0 Å². The summed E-state index contributed by atoms with van der Waals surface area (Å²) in [6, 6.07) is 4.81. The number of nitrogens with zero attached hydrogens (tertiary/aromatic N) is 3. The fourth-order valence-corrected chi connectivity index (χ4v) is 2.85. The summed E-state index contributed by atoms with van der Waals surface area (Å²) in [5.41, 5.74) is 0.712. The van der Waals surface area contributed by atoms with E-state index in [1.807, 2.05) is 0 Å². The number of nitrogens with one attached hydrogen (secondary N) is 1. The SMILES string of the molecule is C[C@H](Nc1ncc(F)c(N2C(=O)OCC2[C@@H](C)O)n1)c1ccc(OC(F)F)cc1. The molecule has 1 unspecified atom stereocenters. The summed E-state index contributed by atoms with van der Waals surface area (Å²) in [5.74, 6) is -1.11. The molecule has 2 aromatic rings. The van der Waals surface area contributed by atoms with Crippen molar-refractivity contribution in [3.63, 3.8) is 0 Å². The van der Waals surface area contributed by atoms with E-state index in [-0.39, 0.29) is 30.2 Å². The Kier molecular flexibility index (Phi) is 6.06. The molecule has 3 atom stereocenters. The molecule has 0 bridgehead atoms. The van der Waals surface area contributed by atoms with Crippen molar-refractivity contribution < 1.29 is 32.5 Å². The largest absolute Gasteiger partial charge is 0.447 e. The molecule has 1 aromatic carbocycles. The normalized spacial score (nSPS) is 18.5. The van der Waals surface area contributed by atoms with Crippen LogP contribution in [-0.2, 0) is 4.74 Å². The molecule has 1 amide bonds. The van der Waals surface area contributed by atoms with Crippen LogP contribution in [0.15, 0.2) is 30.5 Å². The van der Waals surface area contributed by atoms with E-state index in [1.54, 1.807) is 19.1 Å². The van der Waals surface area contributed by atoms with Gasteiger partial charge in [0.2, 0.25) is 5.95 Å². The second kappa shape index (κ2) is 8.52. The second-order valence-electron chi connectivity index (χ2n) is 6.43. The number of alkyl halides is 2. The van der Waals surface area contributed by atoms with Gasteiger partial charge in [0, 0.05) is 0 Å². The van der Waals surface area contributed by atoms with Crippen molar-refractivity contribution in [1.82, 2.24) is 9.97 Å². The lowest BCUT2D eigenvalue weighted by Crippen LogP contribution is -2.42.